The number of fused-ring (bicyclic) bond motifs is 2. The minimum absolute atomic E-state index is 0.0424. The van der Waals surface area contributed by atoms with Crippen LogP contribution in [0.25, 0.3) is 0 Å². The summed E-state index contributed by atoms with van der Waals surface area (Å²) in [6, 6.07) is 6.53. The molecule has 14 atom stereocenters. The molecule has 1 saturated heterocycles. The van der Waals surface area contributed by atoms with Crippen molar-refractivity contribution in [1.82, 2.24) is 4.90 Å². The number of hydrogen-bond donors (Lipinski definition) is 3. The predicted octanol–water partition coefficient (Wildman–Crippen LogP) is 3.12. The molecule has 1 heterocycles. The van der Waals surface area contributed by atoms with E-state index in [2.05, 4.69) is 17.1 Å². The number of likely N-dealkylation sites (N-methyl/N-ethyl adjacent to an activating group) is 1. The Hall–Kier alpha value is -2.12. The van der Waals surface area contributed by atoms with Gasteiger partial charge in [-0.3, -0.25) is 9.69 Å². The second kappa shape index (κ2) is 12.0. The second-order valence-corrected chi connectivity index (χ2v) is 15.6. The molecule has 48 heavy (non-hydrogen) atoms. The van der Waals surface area contributed by atoms with Crippen molar-refractivity contribution in [2.24, 2.45) is 40.4 Å². The Kier molecular flexibility index (Phi) is 8.58. The van der Waals surface area contributed by atoms with Gasteiger partial charge in [0.15, 0.2) is 0 Å². The van der Waals surface area contributed by atoms with Gasteiger partial charge in [-0.2, -0.15) is 0 Å². The van der Waals surface area contributed by atoms with Gasteiger partial charge in [0, 0.05) is 75.9 Å². The molecule has 5 aliphatic carbocycles. The van der Waals surface area contributed by atoms with Gasteiger partial charge in [0.1, 0.15) is 11.2 Å². The van der Waals surface area contributed by atoms with Gasteiger partial charge >= 0.3 is 5.97 Å². The third kappa shape index (κ3) is 4.12. The number of amides is 1. The molecule has 11 nitrogen and oxygen atoms in total. The first kappa shape index (κ1) is 34.3. The molecule has 0 radical (unpaired) electrons. The molecule has 5 saturated carbocycles. The van der Waals surface area contributed by atoms with Crippen LogP contribution in [0.2, 0.25) is 0 Å². The number of ether oxygens (including phenoxy) is 5. The SMILES string of the molecule is CC[C@H](C)C(=O)Nc1ccccc1C(=O)OC[C@@]12CC[C@H](OC)[C@@]34[C@@H]5C[C@H]6[C@H](OC)[C@@H]5[C@](O)(C[C@@H]6OC)[C@](O)([C@@H](OC)[C@H]13)[C@H]4N(CC)C2. The summed E-state index contributed by atoms with van der Waals surface area (Å²) in [6.45, 7) is 7.22. The molecule has 1 spiro atoms. The Bertz CT molecular complexity index is 1430. The number of para-hydroxylation sites is 1. The van der Waals surface area contributed by atoms with Crippen LogP contribution in [0.3, 0.4) is 0 Å². The third-order valence-electron chi connectivity index (χ3n) is 14.3. The van der Waals surface area contributed by atoms with Crippen LogP contribution in [0.4, 0.5) is 5.69 Å². The van der Waals surface area contributed by atoms with E-state index >= 15 is 0 Å². The summed E-state index contributed by atoms with van der Waals surface area (Å²) in [5, 5.41) is 29.5. The number of hydrogen-bond acceptors (Lipinski definition) is 10. The zero-order chi connectivity index (χ0) is 34.4. The van der Waals surface area contributed by atoms with Gasteiger partial charge in [-0.05, 0) is 50.3 Å². The summed E-state index contributed by atoms with van der Waals surface area (Å²) in [7, 11) is 6.77. The number of rotatable bonds is 11. The number of nitrogens with one attached hydrogen (secondary N) is 1. The van der Waals surface area contributed by atoms with Gasteiger partial charge in [0.05, 0.1) is 48.3 Å². The number of carbonyl (C=O) groups excluding carboxylic acids is 2. The fourth-order valence-corrected chi connectivity index (χ4v) is 12.5. The van der Waals surface area contributed by atoms with E-state index in [1.807, 2.05) is 13.8 Å². The summed E-state index contributed by atoms with van der Waals surface area (Å²) in [4.78, 5) is 29.0. The highest BCUT2D eigenvalue weighted by atomic mass is 16.5. The molecule has 6 fully saturated rings. The van der Waals surface area contributed by atoms with Gasteiger partial charge in [-0.15, -0.1) is 0 Å². The normalized spacial score (nSPS) is 45.9. The van der Waals surface area contributed by atoms with Crippen LogP contribution < -0.4 is 5.32 Å². The average molecular weight is 671 g/mol. The Morgan fingerprint density at radius 1 is 1.06 bits per heavy atom. The van der Waals surface area contributed by atoms with Gasteiger partial charge in [0.25, 0.3) is 0 Å². The number of esters is 1. The fourth-order valence-electron chi connectivity index (χ4n) is 12.5. The number of anilines is 1. The summed E-state index contributed by atoms with van der Waals surface area (Å²) >= 11 is 0. The lowest BCUT2D eigenvalue weighted by Crippen LogP contribution is -2.82. The molecule has 3 N–H and O–H groups in total. The fraction of sp³-hybridized carbons (Fsp3) is 0.784. The number of piperidine rings is 1. The molecule has 0 aromatic heterocycles. The van der Waals surface area contributed by atoms with Crippen molar-refractivity contribution in [2.75, 3.05) is 53.5 Å². The van der Waals surface area contributed by atoms with E-state index < -0.39 is 40.1 Å². The highest BCUT2D eigenvalue weighted by Gasteiger charge is 2.91. The topological polar surface area (TPSA) is 136 Å². The van der Waals surface area contributed by atoms with E-state index in [-0.39, 0.29) is 60.4 Å². The number of methoxy groups -OCH3 is 4. The van der Waals surface area contributed by atoms with Crippen LogP contribution >= 0.6 is 0 Å². The van der Waals surface area contributed by atoms with E-state index in [4.69, 9.17) is 23.7 Å². The van der Waals surface area contributed by atoms with Crippen LogP contribution in [-0.2, 0) is 28.5 Å². The van der Waals surface area contributed by atoms with Crippen LogP contribution in [-0.4, -0.2) is 117 Å². The Labute approximate surface area is 283 Å². The third-order valence-corrected chi connectivity index (χ3v) is 14.3. The highest BCUT2D eigenvalue weighted by Crippen LogP contribution is 2.80. The lowest BCUT2D eigenvalue weighted by Gasteiger charge is -2.70. The van der Waals surface area contributed by atoms with Crippen molar-refractivity contribution in [2.45, 2.75) is 94.5 Å². The quantitative estimate of drug-likeness (QED) is 0.302. The predicted molar refractivity (Wildman–Crippen MR) is 176 cm³/mol. The van der Waals surface area contributed by atoms with E-state index in [9.17, 15) is 19.8 Å². The van der Waals surface area contributed by atoms with Crippen LogP contribution in [0.5, 0.6) is 0 Å². The number of likely N-dealkylation sites (tertiary alicyclic amines) is 1. The maximum absolute atomic E-state index is 13.9. The lowest BCUT2D eigenvalue weighted by atomic mass is 9.42. The van der Waals surface area contributed by atoms with Crippen LogP contribution in [0.1, 0.15) is 63.2 Å². The molecular formula is C37H54N2O9. The number of aliphatic hydroxyl groups is 2. The first-order valence-corrected chi connectivity index (χ1v) is 17.9. The summed E-state index contributed by atoms with van der Waals surface area (Å²) in [6.07, 6.45) is 1.66. The second-order valence-electron chi connectivity index (χ2n) is 15.6. The van der Waals surface area contributed by atoms with Crippen molar-refractivity contribution in [3.8, 4) is 0 Å². The molecule has 0 unspecified atom stereocenters. The zero-order valence-electron chi connectivity index (χ0n) is 29.4. The van der Waals surface area contributed by atoms with Gasteiger partial charge in [0.2, 0.25) is 5.91 Å². The Balaban J connectivity index is 1.32. The summed E-state index contributed by atoms with van der Waals surface area (Å²) in [5.41, 5.74) is -3.66. The van der Waals surface area contributed by atoms with Gasteiger partial charge in [-0.1, -0.05) is 32.9 Å². The van der Waals surface area contributed by atoms with Crippen molar-refractivity contribution in [3.63, 3.8) is 0 Å². The first-order valence-electron chi connectivity index (χ1n) is 17.9. The number of nitrogens with zero attached hydrogens (tertiary/aromatic N) is 1. The monoisotopic (exact) mass is 670 g/mol. The molecule has 7 bridgehead atoms. The van der Waals surface area contributed by atoms with Crippen LogP contribution in [0, 0.1) is 40.4 Å². The molecule has 266 valence electrons. The molecule has 11 heteroatoms. The zero-order valence-corrected chi connectivity index (χ0v) is 29.4. The molecule has 1 aromatic rings. The van der Waals surface area contributed by atoms with Crippen molar-refractivity contribution in [1.29, 1.82) is 0 Å². The largest absolute Gasteiger partial charge is 0.461 e. The van der Waals surface area contributed by atoms with Gasteiger partial charge in [-0.25, -0.2) is 4.79 Å². The smallest absolute Gasteiger partial charge is 0.340 e. The van der Waals surface area contributed by atoms with Crippen LogP contribution in [0.15, 0.2) is 24.3 Å². The van der Waals surface area contributed by atoms with Crippen molar-refractivity contribution in [3.05, 3.63) is 29.8 Å². The van der Waals surface area contributed by atoms with E-state index in [0.717, 1.165) is 12.8 Å². The Morgan fingerprint density at radius 2 is 1.81 bits per heavy atom. The van der Waals surface area contributed by atoms with Crippen molar-refractivity contribution >= 4 is 17.6 Å². The standard InChI is InChI=1S/C37H54N2O9/c1-8-20(3)31(40)38-24-13-11-10-12-21(24)32(41)48-19-34-15-14-26(45-5)36-23-16-22-25(44-4)17-35(42,27(23)28(22)46-6)37(43,30(47-7)29(34)36)33(36)39(9-2)18-34/h10-13,20,22-23,25-30,33,42-43H,8-9,14-19H2,1-7H3,(H,38,40)/t20-,22+,23+,25-,26-,27+,28-,29+,30-,33-,34-,35+,36-,37-/m0/s1. The number of carbonyl (C=O) groups is 2. The summed E-state index contributed by atoms with van der Waals surface area (Å²) in [5.74, 6) is -1.43. The van der Waals surface area contributed by atoms with Gasteiger partial charge < -0.3 is 39.2 Å². The minimum Gasteiger partial charge on any atom is -0.461 e. The molecule has 1 amide bonds. The molecule has 7 rings (SSSR count). The maximum atomic E-state index is 13.9. The minimum atomic E-state index is -1.66. The molecule has 6 aliphatic rings. The maximum Gasteiger partial charge on any atom is 0.340 e. The highest BCUT2D eigenvalue weighted by molar-refractivity contribution is 6.01. The van der Waals surface area contributed by atoms with E-state index in [1.165, 1.54) is 0 Å². The lowest BCUT2D eigenvalue weighted by molar-refractivity contribution is -0.320. The van der Waals surface area contributed by atoms with E-state index in [0.29, 0.717) is 43.6 Å². The molecular weight excluding hydrogens is 616 g/mol. The molecule has 1 aromatic carbocycles. The Morgan fingerprint density at radius 3 is 2.46 bits per heavy atom. The first-order chi connectivity index (χ1) is 23.0. The molecule has 1 aliphatic heterocycles. The number of benzene rings is 1. The van der Waals surface area contributed by atoms with Crippen molar-refractivity contribution < 1.29 is 43.5 Å². The summed E-state index contributed by atoms with van der Waals surface area (Å²) < 4.78 is 31.4. The van der Waals surface area contributed by atoms with E-state index in [1.54, 1.807) is 52.7 Å². The average Bonchev–Trinajstić information content (AvgIpc) is 3.51.